The maximum atomic E-state index is 5.84. The highest BCUT2D eigenvalue weighted by Gasteiger charge is 2.08. The number of nitrogens with one attached hydrogen (secondary N) is 1. The minimum atomic E-state index is 0.507. The van der Waals surface area contributed by atoms with E-state index in [4.69, 9.17) is 11.6 Å². The first-order chi connectivity index (χ1) is 6.78. The summed E-state index contributed by atoms with van der Waals surface area (Å²) in [6.07, 6.45) is 6.44. The van der Waals surface area contributed by atoms with Crippen molar-refractivity contribution in [2.75, 3.05) is 12.4 Å². The summed E-state index contributed by atoms with van der Waals surface area (Å²) in [5, 5.41) is 3.55. The highest BCUT2D eigenvalue weighted by molar-refractivity contribution is 6.18. The Morgan fingerprint density at radius 3 is 2.29 bits per heavy atom. The van der Waals surface area contributed by atoms with Crippen LogP contribution in [0.2, 0.25) is 0 Å². The van der Waals surface area contributed by atoms with E-state index < -0.39 is 0 Å². The van der Waals surface area contributed by atoms with Crippen molar-refractivity contribution < 1.29 is 0 Å². The van der Waals surface area contributed by atoms with Gasteiger partial charge in [-0.1, -0.05) is 40.0 Å². The van der Waals surface area contributed by atoms with Gasteiger partial charge in [0.15, 0.2) is 0 Å². The van der Waals surface area contributed by atoms with Crippen molar-refractivity contribution in [3.05, 3.63) is 0 Å². The fraction of sp³-hybridized carbons (Fsp3) is 1.00. The van der Waals surface area contributed by atoms with Gasteiger partial charge in [0, 0.05) is 11.9 Å². The Labute approximate surface area is 94.6 Å². The number of hydrogen-bond donors (Lipinski definition) is 1. The summed E-state index contributed by atoms with van der Waals surface area (Å²) in [5.41, 5.74) is 0. The van der Waals surface area contributed by atoms with Crippen molar-refractivity contribution in [3.8, 4) is 0 Å². The average molecular weight is 220 g/mol. The Bertz CT molecular complexity index is 113. The summed E-state index contributed by atoms with van der Waals surface area (Å²) in [7, 11) is 0. The van der Waals surface area contributed by atoms with Crippen molar-refractivity contribution in [2.24, 2.45) is 5.92 Å². The van der Waals surface area contributed by atoms with Gasteiger partial charge in [0.25, 0.3) is 0 Å². The third-order valence-electron chi connectivity index (χ3n) is 2.92. The molecule has 1 nitrogen and oxygen atoms in total. The van der Waals surface area contributed by atoms with Crippen LogP contribution in [0.3, 0.4) is 0 Å². The maximum absolute atomic E-state index is 5.84. The highest BCUT2D eigenvalue weighted by Crippen LogP contribution is 2.11. The summed E-state index contributed by atoms with van der Waals surface area (Å²) >= 11 is 5.84. The second-order valence-electron chi connectivity index (χ2n) is 4.08. The molecule has 2 unspecified atom stereocenters. The predicted octanol–water partition coefficient (Wildman–Crippen LogP) is 3.81. The van der Waals surface area contributed by atoms with E-state index in [1.54, 1.807) is 0 Å². The molecule has 0 aromatic rings. The van der Waals surface area contributed by atoms with Gasteiger partial charge in [0.2, 0.25) is 0 Å². The number of halogens is 1. The number of rotatable bonds is 9. The number of unbranched alkanes of at least 4 members (excludes halogenated alkanes) is 1. The Kier molecular flexibility index (Phi) is 9.97. The topological polar surface area (TPSA) is 12.0 Å². The minimum Gasteiger partial charge on any atom is -0.313 e. The van der Waals surface area contributed by atoms with Crippen molar-refractivity contribution in [1.29, 1.82) is 0 Å². The molecule has 0 rings (SSSR count). The molecule has 2 heteroatoms. The number of alkyl halides is 1. The third kappa shape index (κ3) is 6.67. The molecule has 0 saturated heterocycles. The highest BCUT2D eigenvalue weighted by atomic mass is 35.5. The second-order valence-corrected chi connectivity index (χ2v) is 4.39. The molecule has 1 N–H and O–H groups in total. The number of hydrogen-bond acceptors (Lipinski definition) is 1. The Hall–Kier alpha value is 0.250. The molecule has 0 aliphatic heterocycles. The first kappa shape index (κ1) is 14.2. The van der Waals surface area contributed by atoms with Crippen molar-refractivity contribution >= 4 is 11.6 Å². The van der Waals surface area contributed by atoms with Gasteiger partial charge in [0.1, 0.15) is 0 Å². The standard InChI is InChI=1S/C12H26ClN/c1-4-7-8-11(5-2)10-14-12(6-3)9-13/h11-12,14H,4-10H2,1-3H3. The molecule has 0 radical (unpaired) electrons. The van der Waals surface area contributed by atoms with Gasteiger partial charge in [-0.2, -0.15) is 0 Å². The summed E-state index contributed by atoms with van der Waals surface area (Å²) in [5.74, 6) is 1.58. The Balaban J connectivity index is 3.59. The lowest BCUT2D eigenvalue weighted by Crippen LogP contribution is -2.34. The van der Waals surface area contributed by atoms with Gasteiger partial charge in [-0.15, -0.1) is 11.6 Å². The molecule has 2 atom stereocenters. The van der Waals surface area contributed by atoms with Crippen molar-refractivity contribution in [1.82, 2.24) is 5.32 Å². The molecule has 86 valence electrons. The van der Waals surface area contributed by atoms with Gasteiger partial charge < -0.3 is 5.32 Å². The lowest BCUT2D eigenvalue weighted by atomic mass is 9.99. The summed E-state index contributed by atoms with van der Waals surface area (Å²) in [6, 6.07) is 0.507. The maximum Gasteiger partial charge on any atom is 0.0377 e. The van der Waals surface area contributed by atoms with Crippen LogP contribution >= 0.6 is 11.6 Å². The Morgan fingerprint density at radius 1 is 1.14 bits per heavy atom. The smallest absolute Gasteiger partial charge is 0.0377 e. The molecule has 0 aliphatic carbocycles. The summed E-state index contributed by atoms with van der Waals surface area (Å²) in [6.45, 7) is 7.87. The molecule has 0 aliphatic rings. The average Bonchev–Trinajstić information content (AvgIpc) is 2.23. The summed E-state index contributed by atoms with van der Waals surface area (Å²) < 4.78 is 0. The van der Waals surface area contributed by atoms with Crippen LogP contribution in [0, 0.1) is 5.92 Å². The Morgan fingerprint density at radius 2 is 1.86 bits per heavy atom. The van der Waals surface area contributed by atoms with Gasteiger partial charge in [-0.25, -0.2) is 0 Å². The lowest BCUT2D eigenvalue weighted by molar-refractivity contribution is 0.393. The predicted molar refractivity (Wildman–Crippen MR) is 66.1 cm³/mol. The van der Waals surface area contributed by atoms with Crippen LogP contribution in [0.5, 0.6) is 0 Å². The van der Waals surface area contributed by atoms with E-state index in [0.717, 1.165) is 24.8 Å². The first-order valence-corrected chi connectivity index (χ1v) is 6.61. The lowest BCUT2D eigenvalue weighted by Gasteiger charge is -2.19. The van der Waals surface area contributed by atoms with E-state index >= 15 is 0 Å². The van der Waals surface area contributed by atoms with Gasteiger partial charge in [-0.3, -0.25) is 0 Å². The molecular weight excluding hydrogens is 194 g/mol. The molecule has 0 aromatic carbocycles. The quantitative estimate of drug-likeness (QED) is 0.582. The third-order valence-corrected chi connectivity index (χ3v) is 3.29. The molecule has 0 amide bonds. The molecular formula is C12H26ClN. The molecule has 0 aromatic heterocycles. The van der Waals surface area contributed by atoms with Crippen LogP contribution < -0.4 is 5.32 Å². The van der Waals surface area contributed by atoms with E-state index in [9.17, 15) is 0 Å². The van der Waals surface area contributed by atoms with Crippen LogP contribution in [0.25, 0.3) is 0 Å². The monoisotopic (exact) mass is 219 g/mol. The normalized spacial score (nSPS) is 15.4. The van der Waals surface area contributed by atoms with Gasteiger partial charge >= 0.3 is 0 Å². The second kappa shape index (κ2) is 9.79. The van der Waals surface area contributed by atoms with E-state index in [1.165, 1.54) is 25.7 Å². The molecule has 0 heterocycles. The zero-order valence-electron chi connectivity index (χ0n) is 9.98. The fourth-order valence-electron chi connectivity index (χ4n) is 1.58. The molecule has 0 saturated carbocycles. The van der Waals surface area contributed by atoms with Crippen LogP contribution in [0.4, 0.5) is 0 Å². The van der Waals surface area contributed by atoms with E-state index in [0.29, 0.717) is 6.04 Å². The zero-order valence-corrected chi connectivity index (χ0v) is 10.7. The van der Waals surface area contributed by atoms with Crippen LogP contribution in [-0.2, 0) is 0 Å². The molecule has 0 spiro atoms. The largest absolute Gasteiger partial charge is 0.313 e. The van der Waals surface area contributed by atoms with Crippen molar-refractivity contribution in [3.63, 3.8) is 0 Å². The summed E-state index contributed by atoms with van der Waals surface area (Å²) in [4.78, 5) is 0. The van der Waals surface area contributed by atoms with E-state index in [-0.39, 0.29) is 0 Å². The minimum absolute atomic E-state index is 0.507. The van der Waals surface area contributed by atoms with E-state index in [2.05, 4.69) is 26.1 Å². The van der Waals surface area contributed by atoms with Crippen LogP contribution in [-0.4, -0.2) is 18.5 Å². The van der Waals surface area contributed by atoms with E-state index in [1.807, 2.05) is 0 Å². The van der Waals surface area contributed by atoms with Crippen LogP contribution in [0.15, 0.2) is 0 Å². The zero-order chi connectivity index (χ0) is 10.8. The van der Waals surface area contributed by atoms with Crippen LogP contribution in [0.1, 0.15) is 52.9 Å². The van der Waals surface area contributed by atoms with Crippen molar-refractivity contribution in [2.45, 2.75) is 58.9 Å². The molecule has 0 fully saturated rings. The fourth-order valence-corrected chi connectivity index (χ4v) is 1.91. The van der Waals surface area contributed by atoms with Gasteiger partial charge in [0.05, 0.1) is 0 Å². The SMILES string of the molecule is CCCCC(CC)CNC(CC)CCl. The van der Waals surface area contributed by atoms with Gasteiger partial charge in [-0.05, 0) is 25.3 Å². The first-order valence-electron chi connectivity index (χ1n) is 6.07. The molecule has 14 heavy (non-hydrogen) atoms. The molecule has 0 bridgehead atoms.